The van der Waals surface area contributed by atoms with Crippen molar-refractivity contribution in [2.45, 2.75) is 96.7 Å². The van der Waals surface area contributed by atoms with Gasteiger partial charge in [-0.15, -0.1) is 0 Å². The summed E-state index contributed by atoms with van der Waals surface area (Å²) in [6.45, 7) is 7.89. The molecule has 1 aliphatic rings. The van der Waals surface area contributed by atoms with Gasteiger partial charge in [-0.05, 0) is 52.4 Å². The lowest BCUT2D eigenvalue weighted by molar-refractivity contribution is -0.144. The highest BCUT2D eigenvalue weighted by molar-refractivity contribution is 5.84. The Morgan fingerprint density at radius 1 is 1.04 bits per heavy atom. The summed E-state index contributed by atoms with van der Waals surface area (Å²) in [7, 11) is 1.35. The van der Waals surface area contributed by atoms with Crippen LogP contribution < -0.4 is 10.6 Å². The molecule has 1 fully saturated rings. The van der Waals surface area contributed by atoms with Crippen molar-refractivity contribution in [3.05, 3.63) is 0 Å². The van der Waals surface area contributed by atoms with E-state index in [-0.39, 0.29) is 23.9 Å². The molecular formula is C21H38N2O5. The SMILES string of the molecule is COC(=O)NC1CCCC(NC(=O)C(C)(C)OCCCCCC(=O)C(C)C)C1. The number of Topliss-reactive ketones (excluding diaryl/α,β-unsaturated/α-hetero) is 1. The number of carbonyl (C=O) groups is 3. The fourth-order valence-electron chi connectivity index (χ4n) is 3.30. The number of carbonyl (C=O) groups excluding carboxylic acids is 3. The molecule has 1 rings (SSSR count). The van der Waals surface area contributed by atoms with Crippen molar-refractivity contribution in [1.82, 2.24) is 10.6 Å². The van der Waals surface area contributed by atoms with Crippen molar-refractivity contribution in [2.24, 2.45) is 5.92 Å². The van der Waals surface area contributed by atoms with Crippen LogP contribution in [0.3, 0.4) is 0 Å². The van der Waals surface area contributed by atoms with Gasteiger partial charge in [0.2, 0.25) is 0 Å². The summed E-state index contributed by atoms with van der Waals surface area (Å²) in [5.41, 5.74) is -0.906. The Morgan fingerprint density at radius 3 is 2.29 bits per heavy atom. The van der Waals surface area contributed by atoms with Crippen LogP contribution in [0.15, 0.2) is 0 Å². The largest absolute Gasteiger partial charge is 0.453 e. The molecule has 2 N–H and O–H groups in total. The van der Waals surface area contributed by atoms with E-state index in [1.165, 1.54) is 7.11 Å². The molecule has 1 aliphatic carbocycles. The molecule has 0 spiro atoms. The minimum atomic E-state index is -0.906. The van der Waals surface area contributed by atoms with Crippen LogP contribution in [0, 0.1) is 5.92 Å². The second kappa shape index (κ2) is 12.0. The van der Waals surface area contributed by atoms with E-state index in [1.807, 2.05) is 13.8 Å². The molecule has 2 amide bonds. The first-order valence-corrected chi connectivity index (χ1v) is 10.5. The zero-order valence-electron chi connectivity index (χ0n) is 18.1. The Balaban J connectivity index is 2.29. The molecule has 0 saturated heterocycles. The maximum Gasteiger partial charge on any atom is 0.407 e. The Hall–Kier alpha value is -1.63. The Labute approximate surface area is 169 Å². The van der Waals surface area contributed by atoms with Gasteiger partial charge in [0, 0.05) is 31.0 Å². The van der Waals surface area contributed by atoms with Crippen molar-refractivity contribution in [2.75, 3.05) is 13.7 Å². The predicted octanol–water partition coefficient (Wildman–Crippen LogP) is 3.35. The van der Waals surface area contributed by atoms with E-state index in [0.29, 0.717) is 25.2 Å². The summed E-state index contributed by atoms with van der Waals surface area (Å²) in [6.07, 6.45) is 6.21. The number of ether oxygens (including phenoxy) is 2. The molecule has 0 bridgehead atoms. The normalized spacial score (nSPS) is 19.9. The molecule has 0 heterocycles. The number of methoxy groups -OCH3 is 1. The zero-order chi connectivity index (χ0) is 21.2. The highest BCUT2D eigenvalue weighted by Gasteiger charge is 2.32. The van der Waals surface area contributed by atoms with Crippen LogP contribution in [-0.2, 0) is 19.1 Å². The number of unbranched alkanes of at least 4 members (excludes halogenated alkanes) is 2. The molecule has 0 radical (unpaired) electrons. The van der Waals surface area contributed by atoms with Crippen molar-refractivity contribution in [3.63, 3.8) is 0 Å². The number of hydrogen-bond donors (Lipinski definition) is 2. The number of ketones is 1. The second-order valence-electron chi connectivity index (χ2n) is 8.46. The van der Waals surface area contributed by atoms with Crippen LogP contribution in [0.2, 0.25) is 0 Å². The molecule has 0 aromatic carbocycles. The van der Waals surface area contributed by atoms with Crippen molar-refractivity contribution >= 4 is 17.8 Å². The van der Waals surface area contributed by atoms with E-state index < -0.39 is 11.7 Å². The average molecular weight is 399 g/mol. The van der Waals surface area contributed by atoms with Gasteiger partial charge >= 0.3 is 6.09 Å². The molecule has 2 atom stereocenters. The first-order valence-electron chi connectivity index (χ1n) is 10.5. The highest BCUT2D eigenvalue weighted by atomic mass is 16.5. The standard InChI is InChI=1S/C21H38N2O5/c1-15(2)18(24)12-7-6-8-13-28-21(3,4)19(25)22-16-10-9-11-17(14-16)23-20(26)27-5/h15-17H,6-14H2,1-5H3,(H,22,25)(H,23,26). The van der Waals surface area contributed by atoms with Gasteiger partial charge in [0.15, 0.2) is 0 Å². The summed E-state index contributed by atoms with van der Waals surface area (Å²) in [5, 5.41) is 5.87. The number of alkyl carbamates (subject to hydrolysis) is 1. The molecule has 7 nitrogen and oxygen atoms in total. The molecule has 0 aromatic rings. The van der Waals surface area contributed by atoms with E-state index in [1.54, 1.807) is 13.8 Å². The summed E-state index contributed by atoms with van der Waals surface area (Å²) >= 11 is 0. The van der Waals surface area contributed by atoms with Gasteiger partial charge in [0.1, 0.15) is 11.4 Å². The molecule has 0 aliphatic heterocycles. The van der Waals surface area contributed by atoms with Crippen LogP contribution in [0.4, 0.5) is 4.79 Å². The minimum Gasteiger partial charge on any atom is -0.453 e. The fourth-order valence-corrected chi connectivity index (χ4v) is 3.30. The lowest BCUT2D eigenvalue weighted by Crippen LogP contribution is -2.51. The molecule has 1 saturated carbocycles. The molecule has 2 unspecified atom stereocenters. The van der Waals surface area contributed by atoms with Gasteiger partial charge in [-0.25, -0.2) is 4.79 Å². The first kappa shape index (κ1) is 24.4. The topological polar surface area (TPSA) is 93.7 Å². The minimum absolute atomic E-state index is 0.0177. The van der Waals surface area contributed by atoms with Gasteiger partial charge < -0.3 is 20.1 Å². The van der Waals surface area contributed by atoms with E-state index in [2.05, 4.69) is 15.4 Å². The van der Waals surface area contributed by atoms with E-state index in [0.717, 1.165) is 38.5 Å². The number of rotatable bonds is 11. The van der Waals surface area contributed by atoms with Gasteiger partial charge in [-0.2, -0.15) is 0 Å². The van der Waals surface area contributed by atoms with Crippen molar-refractivity contribution < 1.29 is 23.9 Å². The molecule has 7 heteroatoms. The third kappa shape index (κ3) is 9.04. The van der Waals surface area contributed by atoms with Crippen molar-refractivity contribution in [1.29, 1.82) is 0 Å². The summed E-state index contributed by atoms with van der Waals surface area (Å²) in [5.74, 6) is 0.264. The maximum atomic E-state index is 12.6. The van der Waals surface area contributed by atoms with Crippen LogP contribution in [0.1, 0.15) is 79.1 Å². The molecule has 162 valence electrons. The molecule has 28 heavy (non-hydrogen) atoms. The van der Waals surface area contributed by atoms with Crippen molar-refractivity contribution in [3.8, 4) is 0 Å². The monoisotopic (exact) mass is 398 g/mol. The second-order valence-corrected chi connectivity index (χ2v) is 8.46. The maximum absolute atomic E-state index is 12.6. The molecule has 0 aromatic heterocycles. The Kier molecular flexibility index (Phi) is 10.5. The Bertz CT molecular complexity index is 519. The van der Waals surface area contributed by atoms with Crippen LogP contribution >= 0.6 is 0 Å². The summed E-state index contributed by atoms with van der Waals surface area (Å²) in [6, 6.07) is 0.0393. The molecular weight excluding hydrogens is 360 g/mol. The van der Waals surface area contributed by atoms with Gasteiger partial charge in [0.05, 0.1) is 7.11 Å². The van der Waals surface area contributed by atoms with Crippen LogP contribution in [0.25, 0.3) is 0 Å². The smallest absolute Gasteiger partial charge is 0.407 e. The highest BCUT2D eigenvalue weighted by Crippen LogP contribution is 2.20. The number of nitrogens with one attached hydrogen (secondary N) is 2. The fraction of sp³-hybridized carbons (Fsp3) is 0.857. The van der Waals surface area contributed by atoms with E-state index >= 15 is 0 Å². The first-order chi connectivity index (χ1) is 13.2. The third-order valence-corrected chi connectivity index (χ3v) is 5.24. The Morgan fingerprint density at radius 2 is 1.68 bits per heavy atom. The average Bonchev–Trinajstić information content (AvgIpc) is 2.64. The number of amides is 2. The van der Waals surface area contributed by atoms with Gasteiger partial charge in [-0.1, -0.05) is 20.3 Å². The summed E-state index contributed by atoms with van der Waals surface area (Å²) in [4.78, 5) is 35.6. The number of hydrogen-bond acceptors (Lipinski definition) is 5. The third-order valence-electron chi connectivity index (χ3n) is 5.24. The quantitative estimate of drug-likeness (QED) is 0.521. The van der Waals surface area contributed by atoms with Crippen LogP contribution in [-0.4, -0.2) is 49.2 Å². The van der Waals surface area contributed by atoms with Gasteiger partial charge in [0.25, 0.3) is 5.91 Å². The van der Waals surface area contributed by atoms with E-state index in [4.69, 9.17) is 4.74 Å². The van der Waals surface area contributed by atoms with Gasteiger partial charge in [-0.3, -0.25) is 9.59 Å². The van der Waals surface area contributed by atoms with E-state index in [9.17, 15) is 14.4 Å². The lowest BCUT2D eigenvalue weighted by Gasteiger charge is -2.33. The lowest BCUT2D eigenvalue weighted by atomic mass is 9.90. The summed E-state index contributed by atoms with van der Waals surface area (Å²) < 4.78 is 10.5. The van der Waals surface area contributed by atoms with Crippen LogP contribution in [0.5, 0.6) is 0 Å². The predicted molar refractivity (Wildman–Crippen MR) is 108 cm³/mol. The zero-order valence-corrected chi connectivity index (χ0v) is 18.1.